The molecule has 5 nitrogen and oxygen atoms in total. The second-order valence-corrected chi connectivity index (χ2v) is 3.44. The number of piperazine rings is 1. The highest BCUT2D eigenvalue weighted by molar-refractivity contribution is 4.99. The van der Waals surface area contributed by atoms with Gasteiger partial charge < -0.3 is 5.32 Å². The molecule has 0 aliphatic carbocycles. The second-order valence-electron chi connectivity index (χ2n) is 3.44. The molecule has 0 aromatic carbocycles. The van der Waals surface area contributed by atoms with Gasteiger partial charge >= 0.3 is 0 Å². The van der Waals surface area contributed by atoms with E-state index in [1.54, 1.807) is 6.07 Å². The van der Waals surface area contributed by atoms with E-state index < -0.39 is 0 Å². The molecule has 0 unspecified atom stereocenters. The van der Waals surface area contributed by atoms with Crippen molar-refractivity contribution in [3.8, 4) is 0 Å². The summed E-state index contributed by atoms with van der Waals surface area (Å²) < 4.78 is 0. The van der Waals surface area contributed by atoms with Crippen molar-refractivity contribution in [2.75, 3.05) is 26.2 Å². The van der Waals surface area contributed by atoms with Gasteiger partial charge in [-0.2, -0.15) is 5.10 Å². The number of nitrogens with one attached hydrogen (secondary N) is 2. The number of H-pyrrole nitrogens is 1. The van der Waals surface area contributed by atoms with Gasteiger partial charge in [0.2, 0.25) is 0 Å². The Kier molecular flexibility index (Phi) is 2.90. The Labute approximate surface area is 82.1 Å². The topological polar surface area (TPSA) is 61.0 Å². The maximum Gasteiger partial charge on any atom is 0.264 e. The minimum Gasteiger partial charge on any atom is -0.314 e. The second kappa shape index (κ2) is 4.34. The molecule has 14 heavy (non-hydrogen) atoms. The maximum atomic E-state index is 10.8. The summed E-state index contributed by atoms with van der Waals surface area (Å²) in [5.74, 6) is 0. The fraction of sp³-hybridized carbons (Fsp3) is 0.556. The van der Waals surface area contributed by atoms with Crippen LogP contribution in [0.5, 0.6) is 0 Å². The molecule has 1 aromatic heterocycles. The number of aromatic nitrogens is 2. The molecule has 2 heterocycles. The Morgan fingerprint density at radius 3 is 2.79 bits per heavy atom. The fourth-order valence-corrected chi connectivity index (χ4v) is 1.56. The summed E-state index contributed by atoms with van der Waals surface area (Å²) in [6.07, 6.45) is 0. The van der Waals surface area contributed by atoms with Gasteiger partial charge in [0, 0.05) is 38.8 Å². The standard InChI is InChI=1S/C9H14N4O/c14-9-2-1-8(11-12-9)7-13-5-3-10-4-6-13/h1-2,10H,3-7H2,(H,12,14). The largest absolute Gasteiger partial charge is 0.314 e. The number of hydrogen-bond acceptors (Lipinski definition) is 4. The third-order valence-electron chi connectivity index (χ3n) is 2.33. The van der Waals surface area contributed by atoms with Crippen molar-refractivity contribution in [3.63, 3.8) is 0 Å². The first-order valence-corrected chi connectivity index (χ1v) is 4.82. The van der Waals surface area contributed by atoms with E-state index in [0.29, 0.717) is 0 Å². The molecule has 0 radical (unpaired) electrons. The van der Waals surface area contributed by atoms with Crippen molar-refractivity contribution < 1.29 is 0 Å². The first-order chi connectivity index (χ1) is 6.84. The van der Waals surface area contributed by atoms with Crippen LogP contribution in [-0.2, 0) is 6.54 Å². The van der Waals surface area contributed by atoms with Crippen LogP contribution >= 0.6 is 0 Å². The molecule has 0 bridgehead atoms. The quantitative estimate of drug-likeness (QED) is 0.645. The summed E-state index contributed by atoms with van der Waals surface area (Å²) in [6.45, 7) is 4.97. The highest BCUT2D eigenvalue weighted by atomic mass is 16.1. The molecule has 1 saturated heterocycles. The maximum absolute atomic E-state index is 10.8. The van der Waals surface area contributed by atoms with Gasteiger partial charge in [0.15, 0.2) is 0 Å². The predicted octanol–water partition coefficient (Wildman–Crippen LogP) is -0.825. The zero-order chi connectivity index (χ0) is 9.80. The minimum absolute atomic E-state index is 0.144. The average molecular weight is 194 g/mol. The van der Waals surface area contributed by atoms with Gasteiger partial charge in [-0.25, -0.2) is 5.10 Å². The zero-order valence-corrected chi connectivity index (χ0v) is 7.99. The highest BCUT2D eigenvalue weighted by Gasteiger charge is 2.09. The monoisotopic (exact) mass is 194 g/mol. The molecule has 76 valence electrons. The Hall–Kier alpha value is -1.20. The van der Waals surface area contributed by atoms with E-state index in [0.717, 1.165) is 38.4 Å². The predicted molar refractivity (Wildman–Crippen MR) is 53.0 cm³/mol. The van der Waals surface area contributed by atoms with Crippen molar-refractivity contribution in [1.29, 1.82) is 0 Å². The van der Waals surface area contributed by atoms with Crippen molar-refractivity contribution in [3.05, 3.63) is 28.2 Å². The third-order valence-corrected chi connectivity index (χ3v) is 2.33. The van der Waals surface area contributed by atoms with Crippen LogP contribution < -0.4 is 10.9 Å². The van der Waals surface area contributed by atoms with E-state index in [1.165, 1.54) is 6.07 Å². The summed E-state index contributed by atoms with van der Waals surface area (Å²) in [4.78, 5) is 13.1. The van der Waals surface area contributed by atoms with E-state index in [9.17, 15) is 4.79 Å². The normalized spacial score (nSPS) is 18.3. The van der Waals surface area contributed by atoms with Crippen LogP contribution in [0.25, 0.3) is 0 Å². The van der Waals surface area contributed by atoms with Gasteiger partial charge in [-0.1, -0.05) is 0 Å². The molecule has 1 aromatic rings. The van der Waals surface area contributed by atoms with Gasteiger partial charge in [0.1, 0.15) is 0 Å². The van der Waals surface area contributed by atoms with E-state index >= 15 is 0 Å². The summed E-state index contributed by atoms with van der Waals surface area (Å²) >= 11 is 0. The van der Waals surface area contributed by atoms with Crippen LogP contribution in [0.15, 0.2) is 16.9 Å². The number of nitrogens with zero attached hydrogens (tertiary/aromatic N) is 2. The Morgan fingerprint density at radius 1 is 1.36 bits per heavy atom. The number of hydrogen-bond donors (Lipinski definition) is 2. The summed E-state index contributed by atoms with van der Waals surface area (Å²) in [6, 6.07) is 3.30. The van der Waals surface area contributed by atoms with Crippen LogP contribution in [0.4, 0.5) is 0 Å². The SMILES string of the molecule is O=c1ccc(CN2CCNCC2)n[nH]1. The van der Waals surface area contributed by atoms with Gasteiger partial charge in [0.05, 0.1) is 5.69 Å². The molecule has 1 fully saturated rings. The van der Waals surface area contributed by atoms with Crippen molar-refractivity contribution >= 4 is 0 Å². The Morgan fingerprint density at radius 2 is 2.14 bits per heavy atom. The molecular weight excluding hydrogens is 180 g/mol. The third kappa shape index (κ3) is 2.40. The van der Waals surface area contributed by atoms with Crippen molar-refractivity contribution in [2.45, 2.75) is 6.54 Å². The molecular formula is C9H14N4O. The van der Waals surface area contributed by atoms with Crippen LogP contribution in [0.1, 0.15) is 5.69 Å². The van der Waals surface area contributed by atoms with Crippen LogP contribution in [0, 0.1) is 0 Å². The van der Waals surface area contributed by atoms with E-state index in [4.69, 9.17) is 0 Å². The lowest BCUT2D eigenvalue weighted by molar-refractivity contribution is 0.230. The zero-order valence-electron chi connectivity index (χ0n) is 7.99. The average Bonchev–Trinajstić information content (AvgIpc) is 2.23. The number of rotatable bonds is 2. The summed E-state index contributed by atoms with van der Waals surface area (Å²) in [5.41, 5.74) is 0.778. The van der Waals surface area contributed by atoms with Gasteiger partial charge in [0.25, 0.3) is 5.56 Å². The molecule has 2 N–H and O–H groups in total. The first-order valence-electron chi connectivity index (χ1n) is 4.82. The molecule has 1 aliphatic heterocycles. The van der Waals surface area contributed by atoms with E-state index in [-0.39, 0.29) is 5.56 Å². The van der Waals surface area contributed by atoms with E-state index in [1.807, 2.05) is 0 Å². The minimum atomic E-state index is -0.144. The lowest BCUT2D eigenvalue weighted by atomic mass is 10.3. The Balaban J connectivity index is 1.96. The lowest BCUT2D eigenvalue weighted by Gasteiger charge is -2.26. The van der Waals surface area contributed by atoms with Crippen molar-refractivity contribution in [2.24, 2.45) is 0 Å². The molecule has 0 saturated carbocycles. The molecule has 5 heteroatoms. The van der Waals surface area contributed by atoms with Crippen LogP contribution in [0.3, 0.4) is 0 Å². The van der Waals surface area contributed by atoms with Gasteiger partial charge in [-0.3, -0.25) is 9.69 Å². The molecule has 0 amide bonds. The molecule has 0 spiro atoms. The lowest BCUT2D eigenvalue weighted by Crippen LogP contribution is -2.43. The van der Waals surface area contributed by atoms with Crippen LogP contribution in [0.2, 0.25) is 0 Å². The smallest absolute Gasteiger partial charge is 0.264 e. The fourth-order valence-electron chi connectivity index (χ4n) is 1.56. The van der Waals surface area contributed by atoms with Crippen molar-refractivity contribution in [1.82, 2.24) is 20.4 Å². The Bertz CT molecular complexity index is 322. The highest BCUT2D eigenvalue weighted by Crippen LogP contribution is 1.99. The molecule has 1 aliphatic rings. The summed E-state index contributed by atoms with van der Waals surface area (Å²) in [5, 5.41) is 9.70. The number of aromatic amines is 1. The summed E-state index contributed by atoms with van der Waals surface area (Å²) in [7, 11) is 0. The van der Waals surface area contributed by atoms with Gasteiger partial charge in [-0.15, -0.1) is 0 Å². The first kappa shape index (κ1) is 9.36. The molecule has 2 rings (SSSR count). The van der Waals surface area contributed by atoms with Gasteiger partial charge in [-0.05, 0) is 6.07 Å². The van der Waals surface area contributed by atoms with Crippen LogP contribution in [-0.4, -0.2) is 41.3 Å². The van der Waals surface area contributed by atoms with E-state index in [2.05, 4.69) is 20.4 Å². The molecule has 0 atom stereocenters.